The number of aryl methyl sites for hydroxylation is 1. The van der Waals surface area contributed by atoms with Crippen LogP contribution in [0.3, 0.4) is 0 Å². The standard InChI is InChI=1S/C21H27ClN4O4S/c1-15-20(19(30-24-15)10-12-25(2)3)31(28,29)26-11-6-8-17(14-26)21(27)23-13-16-7-4-5-9-18(16)22/h4-5,7,9-10,12,17H,6,8,11,13-14H2,1-3H3,(H,23,27)/b12-10+/t17-/m0/s1. The second kappa shape index (κ2) is 9.84. The maximum atomic E-state index is 13.4. The molecule has 0 radical (unpaired) electrons. The lowest BCUT2D eigenvalue weighted by Crippen LogP contribution is -2.45. The highest BCUT2D eigenvalue weighted by Gasteiger charge is 2.36. The molecule has 31 heavy (non-hydrogen) atoms. The number of rotatable bonds is 7. The predicted molar refractivity (Wildman–Crippen MR) is 119 cm³/mol. The van der Waals surface area contributed by atoms with Crippen molar-refractivity contribution in [2.75, 3.05) is 27.2 Å². The Kier molecular flexibility index (Phi) is 7.40. The molecule has 8 nitrogen and oxygen atoms in total. The van der Waals surface area contributed by atoms with Crippen molar-refractivity contribution in [3.05, 3.63) is 52.5 Å². The van der Waals surface area contributed by atoms with Crippen LogP contribution in [-0.4, -0.2) is 55.9 Å². The first-order valence-electron chi connectivity index (χ1n) is 10.0. The molecule has 1 aliphatic rings. The summed E-state index contributed by atoms with van der Waals surface area (Å²) in [5.41, 5.74) is 1.11. The van der Waals surface area contributed by atoms with Gasteiger partial charge in [0.15, 0.2) is 10.7 Å². The second-order valence-electron chi connectivity index (χ2n) is 7.75. The normalized spacial score (nSPS) is 17.7. The average molecular weight is 467 g/mol. The summed E-state index contributed by atoms with van der Waals surface area (Å²) in [7, 11) is -0.214. The summed E-state index contributed by atoms with van der Waals surface area (Å²) >= 11 is 6.15. The van der Waals surface area contributed by atoms with Crippen LogP contribution in [0.1, 0.15) is 29.9 Å². The van der Waals surface area contributed by atoms with E-state index in [0.717, 1.165) is 5.56 Å². The van der Waals surface area contributed by atoms with E-state index in [1.165, 1.54) is 4.31 Å². The molecular weight excluding hydrogens is 440 g/mol. The van der Waals surface area contributed by atoms with E-state index in [0.29, 0.717) is 36.6 Å². The Hall–Kier alpha value is -2.36. The Morgan fingerprint density at radius 3 is 2.84 bits per heavy atom. The van der Waals surface area contributed by atoms with E-state index >= 15 is 0 Å². The number of sulfonamides is 1. The third-order valence-electron chi connectivity index (χ3n) is 5.12. The molecule has 2 aromatic rings. The number of nitrogens with zero attached hydrogens (tertiary/aromatic N) is 3. The van der Waals surface area contributed by atoms with E-state index < -0.39 is 15.9 Å². The number of amides is 1. The van der Waals surface area contributed by atoms with Gasteiger partial charge in [-0.3, -0.25) is 4.79 Å². The molecule has 1 amide bonds. The minimum atomic E-state index is -3.86. The highest BCUT2D eigenvalue weighted by Crippen LogP contribution is 2.29. The summed E-state index contributed by atoms with van der Waals surface area (Å²) < 4.78 is 33.3. The topological polar surface area (TPSA) is 95.8 Å². The summed E-state index contributed by atoms with van der Waals surface area (Å²) in [5, 5.41) is 7.30. The third kappa shape index (κ3) is 5.47. The number of aromatic nitrogens is 1. The number of nitrogens with one attached hydrogen (secondary N) is 1. The maximum absolute atomic E-state index is 13.4. The van der Waals surface area contributed by atoms with Gasteiger partial charge >= 0.3 is 0 Å². The number of benzene rings is 1. The third-order valence-corrected chi connectivity index (χ3v) is 7.51. The van der Waals surface area contributed by atoms with Gasteiger partial charge in [0.1, 0.15) is 5.69 Å². The molecule has 0 saturated carbocycles. The highest BCUT2D eigenvalue weighted by molar-refractivity contribution is 7.89. The van der Waals surface area contributed by atoms with Gasteiger partial charge in [0.2, 0.25) is 15.9 Å². The lowest BCUT2D eigenvalue weighted by molar-refractivity contribution is -0.126. The van der Waals surface area contributed by atoms with Gasteiger partial charge in [-0.25, -0.2) is 8.42 Å². The Labute approximate surface area is 187 Å². The number of carbonyl (C=O) groups excluding carboxylic acids is 1. The van der Waals surface area contributed by atoms with E-state index in [4.69, 9.17) is 16.1 Å². The van der Waals surface area contributed by atoms with Gasteiger partial charge < -0.3 is 14.7 Å². The molecule has 1 saturated heterocycles. The lowest BCUT2D eigenvalue weighted by Gasteiger charge is -2.31. The summed E-state index contributed by atoms with van der Waals surface area (Å²) in [6.45, 7) is 2.35. The van der Waals surface area contributed by atoms with Gasteiger partial charge in [-0.15, -0.1) is 0 Å². The van der Waals surface area contributed by atoms with E-state index in [2.05, 4.69) is 10.5 Å². The zero-order valence-corrected chi connectivity index (χ0v) is 19.4. The Morgan fingerprint density at radius 2 is 2.13 bits per heavy atom. The van der Waals surface area contributed by atoms with Crippen LogP contribution < -0.4 is 5.32 Å². The molecule has 1 atom stereocenters. The van der Waals surface area contributed by atoms with Crippen molar-refractivity contribution in [2.45, 2.75) is 31.2 Å². The molecule has 3 rings (SSSR count). The van der Waals surface area contributed by atoms with E-state index in [9.17, 15) is 13.2 Å². The van der Waals surface area contributed by atoms with E-state index in [1.54, 1.807) is 30.2 Å². The first kappa shape index (κ1) is 23.3. The largest absolute Gasteiger partial charge is 0.383 e. The molecule has 1 N–H and O–H groups in total. The van der Waals surface area contributed by atoms with Crippen LogP contribution in [0.15, 0.2) is 39.9 Å². The van der Waals surface area contributed by atoms with Crippen LogP contribution in [0.2, 0.25) is 5.02 Å². The molecular formula is C21H27ClN4O4S. The number of hydrogen-bond donors (Lipinski definition) is 1. The fourth-order valence-corrected chi connectivity index (χ4v) is 5.46. The van der Waals surface area contributed by atoms with Crippen molar-refractivity contribution in [1.82, 2.24) is 19.7 Å². The highest BCUT2D eigenvalue weighted by atomic mass is 35.5. The monoisotopic (exact) mass is 466 g/mol. The quantitative estimate of drug-likeness (QED) is 0.674. The molecule has 1 aromatic carbocycles. The van der Waals surface area contributed by atoms with Gasteiger partial charge in [0.25, 0.3) is 0 Å². The first-order valence-corrected chi connectivity index (χ1v) is 11.8. The molecule has 10 heteroatoms. The van der Waals surface area contributed by atoms with Crippen molar-refractivity contribution in [3.8, 4) is 0 Å². The van der Waals surface area contributed by atoms with E-state index in [-0.39, 0.29) is 23.1 Å². The Balaban J connectivity index is 1.73. The molecule has 0 bridgehead atoms. The fraction of sp³-hybridized carbons (Fsp3) is 0.429. The lowest BCUT2D eigenvalue weighted by atomic mass is 9.99. The molecule has 1 aromatic heterocycles. The van der Waals surface area contributed by atoms with Crippen LogP contribution >= 0.6 is 11.6 Å². The first-order chi connectivity index (χ1) is 14.7. The predicted octanol–water partition coefficient (Wildman–Crippen LogP) is 2.89. The van der Waals surface area contributed by atoms with Gasteiger partial charge in [0.05, 0.1) is 5.92 Å². The Morgan fingerprint density at radius 1 is 1.39 bits per heavy atom. The number of carbonyl (C=O) groups is 1. The molecule has 0 spiro atoms. The van der Waals surface area contributed by atoms with Crippen molar-refractivity contribution in [2.24, 2.45) is 5.92 Å². The van der Waals surface area contributed by atoms with Gasteiger partial charge in [0, 0.05) is 51.0 Å². The molecule has 1 fully saturated rings. The van der Waals surface area contributed by atoms with Crippen LogP contribution in [0.25, 0.3) is 6.08 Å². The average Bonchev–Trinajstić information content (AvgIpc) is 3.12. The zero-order chi connectivity index (χ0) is 22.6. The summed E-state index contributed by atoms with van der Waals surface area (Å²) in [6.07, 6.45) is 4.48. The van der Waals surface area contributed by atoms with Crippen LogP contribution in [-0.2, 0) is 21.4 Å². The molecule has 0 unspecified atom stereocenters. The molecule has 2 heterocycles. The minimum absolute atomic E-state index is 0.0442. The van der Waals surface area contributed by atoms with Crippen molar-refractivity contribution in [3.63, 3.8) is 0 Å². The zero-order valence-electron chi connectivity index (χ0n) is 17.8. The number of piperidine rings is 1. The van der Waals surface area contributed by atoms with Gasteiger partial charge in [-0.1, -0.05) is 35.0 Å². The van der Waals surface area contributed by atoms with Crippen LogP contribution in [0.5, 0.6) is 0 Å². The summed E-state index contributed by atoms with van der Waals surface area (Å²) in [4.78, 5) is 14.5. The fourth-order valence-electron chi connectivity index (χ4n) is 3.49. The van der Waals surface area contributed by atoms with E-state index in [1.807, 2.05) is 32.3 Å². The molecule has 0 aliphatic carbocycles. The van der Waals surface area contributed by atoms with Crippen molar-refractivity contribution >= 4 is 33.6 Å². The maximum Gasteiger partial charge on any atom is 0.248 e. The SMILES string of the molecule is Cc1noc(/C=C/N(C)C)c1S(=O)(=O)N1CCC[C@H](C(=O)NCc2ccccc2Cl)C1. The minimum Gasteiger partial charge on any atom is -0.383 e. The summed E-state index contributed by atoms with van der Waals surface area (Å²) in [5.74, 6) is -0.446. The van der Waals surface area contributed by atoms with Crippen LogP contribution in [0.4, 0.5) is 0 Å². The number of halogens is 1. The number of hydrogen-bond acceptors (Lipinski definition) is 6. The van der Waals surface area contributed by atoms with Gasteiger partial charge in [-0.2, -0.15) is 4.31 Å². The molecule has 168 valence electrons. The second-order valence-corrected chi connectivity index (χ2v) is 10.0. The Bertz CT molecular complexity index is 1070. The smallest absolute Gasteiger partial charge is 0.248 e. The van der Waals surface area contributed by atoms with Gasteiger partial charge in [-0.05, 0) is 31.4 Å². The summed E-state index contributed by atoms with van der Waals surface area (Å²) in [6, 6.07) is 7.29. The van der Waals surface area contributed by atoms with Crippen molar-refractivity contribution in [1.29, 1.82) is 0 Å². The van der Waals surface area contributed by atoms with Crippen LogP contribution in [0, 0.1) is 12.8 Å². The van der Waals surface area contributed by atoms with Crippen molar-refractivity contribution < 1.29 is 17.7 Å². The molecule has 1 aliphatic heterocycles.